The van der Waals surface area contributed by atoms with Crippen LogP contribution in [0.5, 0.6) is 5.75 Å². The van der Waals surface area contributed by atoms with Gasteiger partial charge < -0.3 is 14.2 Å². The Bertz CT molecular complexity index is 1220. The Morgan fingerprint density at radius 3 is 2.58 bits per heavy atom. The van der Waals surface area contributed by atoms with Crippen LogP contribution >= 0.6 is 23.4 Å². The van der Waals surface area contributed by atoms with Crippen molar-refractivity contribution in [2.45, 2.75) is 43.2 Å². The number of allylic oxidation sites excluding steroid dienone is 2. The minimum absolute atomic E-state index is 0.0413. The van der Waals surface area contributed by atoms with Gasteiger partial charge in [0, 0.05) is 37.0 Å². The maximum Gasteiger partial charge on any atom is 0.191 e. The van der Waals surface area contributed by atoms with E-state index in [0.717, 1.165) is 11.4 Å². The van der Waals surface area contributed by atoms with Crippen LogP contribution in [0.1, 0.15) is 32.2 Å². The molecule has 1 aliphatic heterocycles. The molecule has 2 heterocycles. The molecule has 8 heteroatoms. The zero-order valence-electron chi connectivity index (χ0n) is 19.4. The van der Waals surface area contributed by atoms with E-state index >= 15 is 0 Å². The van der Waals surface area contributed by atoms with E-state index in [1.165, 1.54) is 17.3 Å². The quantitative estimate of drug-likeness (QED) is 0.331. The molecule has 0 bridgehead atoms. The third-order valence-electron chi connectivity index (χ3n) is 6.02. The summed E-state index contributed by atoms with van der Waals surface area (Å²) in [5, 5.41) is 9.38. The molecular formula is C25H27ClN4O2S. The fourth-order valence-corrected chi connectivity index (χ4v) is 5.05. The number of anilines is 1. The summed E-state index contributed by atoms with van der Waals surface area (Å²) < 4.78 is 7.62. The zero-order chi connectivity index (χ0) is 23.8. The van der Waals surface area contributed by atoms with Gasteiger partial charge in [0.05, 0.1) is 10.3 Å². The van der Waals surface area contributed by atoms with Crippen molar-refractivity contribution in [2.24, 2.45) is 7.05 Å². The molecule has 0 aliphatic carbocycles. The van der Waals surface area contributed by atoms with Gasteiger partial charge >= 0.3 is 0 Å². The zero-order valence-corrected chi connectivity index (χ0v) is 20.9. The highest BCUT2D eigenvalue weighted by molar-refractivity contribution is 8.00. The minimum Gasteiger partial charge on any atom is -0.484 e. The van der Waals surface area contributed by atoms with Crippen molar-refractivity contribution >= 4 is 34.8 Å². The first-order chi connectivity index (χ1) is 15.7. The Morgan fingerprint density at radius 2 is 1.85 bits per heavy atom. The molecular weight excluding hydrogens is 456 g/mol. The Labute approximate surface area is 203 Å². The van der Waals surface area contributed by atoms with Crippen LogP contribution in [0.25, 0.3) is 0 Å². The Kier molecular flexibility index (Phi) is 6.54. The number of carbonyl (C=O) groups excluding carboxylic acids is 1. The van der Waals surface area contributed by atoms with E-state index in [9.17, 15) is 4.79 Å². The first-order valence-corrected chi connectivity index (χ1v) is 12.0. The molecule has 0 radical (unpaired) electrons. The van der Waals surface area contributed by atoms with Crippen LogP contribution in [0.2, 0.25) is 5.02 Å². The van der Waals surface area contributed by atoms with Crippen molar-refractivity contribution in [1.82, 2.24) is 14.8 Å². The van der Waals surface area contributed by atoms with Gasteiger partial charge in [-0.3, -0.25) is 4.79 Å². The molecule has 1 unspecified atom stereocenters. The van der Waals surface area contributed by atoms with Crippen LogP contribution in [-0.2, 0) is 23.9 Å². The smallest absolute Gasteiger partial charge is 0.191 e. The van der Waals surface area contributed by atoms with Gasteiger partial charge in [0.25, 0.3) is 0 Å². The average molecular weight is 483 g/mol. The molecule has 3 aromatic rings. The number of thioether (sulfide) groups is 1. The average Bonchev–Trinajstić information content (AvgIpc) is 3.23. The third kappa shape index (κ3) is 4.52. The number of para-hydroxylation sites is 2. The predicted octanol–water partition coefficient (Wildman–Crippen LogP) is 5.41. The van der Waals surface area contributed by atoms with Crippen molar-refractivity contribution in [2.75, 3.05) is 11.9 Å². The van der Waals surface area contributed by atoms with Crippen LogP contribution in [0.3, 0.4) is 0 Å². The highest BCUT2D eigenvalue weighted by Crippen LogP contribution is 2.46. The number of benzene rings is 2. The van der Waals surface area contributed by atoms with Crippen molar-refractivity contribution in [3.8, 4) is 5.75 Å². The molecule has 0 saturated heterocycles. The van der Waals surface area contributed by atoms with Gasteiger partial charge in [-0.1, -0.05) is 67.5 Å². The molecule has 1 aliphatic rings. The highest BCUT2D eigenvalue weighted by Gasteiger charge is 2.38. The molecule has 0 fully saturated rings. The number of fused-ring (bicyclic) bond motifs is 1. The fraction of sp³-hybridized carbons (Fsp3) is 0.320. The van der Waals surface area contributed by atoms with E-state index in [2.05, 4.69) is 41.1 Å². The molecule has 1 aromatic heterocycles. The standard InChI is InChI=1S/C25H27ClN4O2S/c1-16(20(31)14-22-25(2,3)17-10-6-8-12-19(17)29(22)4)33-24-28-27-23(30(24)5)15-32-21-13-9-7-11-18(21)26/h6-14,16H,15H2,1-5H3/b22-14+. The maximum atomic E-state index is 13.1. The number of hydrogen-bond donors (Lipinski definition) is 0. The normalized spacial score (nSPS) is 16.7. The second-order valence-corrected chi connectivity index (χ2v) is 10.3. The van der Waals surface area contributed by atoms with Crippen LogP contribution in [0, 0.1) is 0 Å². The molecule has 0 spiro atoms. The summed E-state index contributed by atoms with van der Waals surface area (Å²) in [6.45, 7) is 6.44. The molecule has 6 nitrogen and oxygen atoms in total. The number of ketones is 1. The van der Waals surface area contributed by atoms with Gasteiger partial charge in [0.2, 0.25) is 0 Å². The molecule has 0 N–H and O–H groups in total. The minimum atomic E-state index is -0.314. The van der Waals surface area contributed by atoms with Crippen LogP contribution in [-0.4, -0.2) is 32.8 Å². The molecule has 0 saturated carbocycles. The van der Waals surface area contributed by atoms with Gasteiger partial charge in [0.15, 0.2) is 16.8 Å². The fourth-order valence-electron chi connectivity index (χ4n) is 4.00. The van der Waals surface area contributed by atoms with E-state index in [-0.39, 0.29) is 23.1 Å². The van der Waals surface area contributed by atoms with Gasteiger partial charge in [-0.25, -0.2) is 0 Å². The van der Waals surface area contributed by atoms with Gasteiger partial charge in [-0.2, -0.15) is 0 Å². The van der Waals surface area contributed by atoms with E-state index in [0.29, 0.717) is 21.8 Å². The summed E-state index contributed by atoms with van der Waals surface area (Å²) in [6.07, 6.45) is 1.77. The lowest BCUT2D eigenvalue weighted by Gasteiger charge is -2.24. The SMILES string of the molecule is CC(Sc1nnc(COc2ccccc2Cl)n1C)C(=O)/C=C1/N(C)c2ccccc2C1(C)C. The van der Waals surface area contributed by atoms with E-state index in [1.807, 2.05) is 55.9 Å². The van der Waals surface area contributed by atoms with Crippen LogP contribution in [0.4, 0.5) is 5.69 Å². The maximum absolute atomic E-state index is 13.1. The Morgan fingerprint density at radius 1 is 1.15 bits per heavy atom. The summed E-state index contributed by atoms with van der Waals surface area (Å²) in [5.74, 6) is 1.29. The number of halogens is 1. The lowest BCUT2D eigenvalue weighted by atomic mass is 9.83. The molecule has 4 rings (SSSR count). The molecule has 172 valence electrons. The summed E-state index contributed by atoms with van der Waals surface area (Å²) >= 11 is 7.54. The van der Waals surface area contributed by atoms with Crippen molar-refractivity contribution in [3.05, 3.63) is 76.7 Å². The second-order valence-electron chi connectivity index (χ2n) is 8.57. The van der Waals surface area contributed by atoms with E-state index in [4.69, 9.17) is 16.3 Å². The number of nitrogens with zero attached hydrogens (tertiary/aromatic N) is 4. The monoisotopic (exact) mass is 482 g/mol. The van der Waals surface area contributed by atoms with Gasteiger partial charge in [-0.15, -0.1) is 10.2 Å². The summed E-state index contributed by atoms with van der Waals surface area (Å²) in [5.41, 5.74) is 3.12. The Balaban J connectivity index is 1.45. The van der Waals surface area contributed by atoms with Crippen molar-refractivity contribution in [1.29, 1.82) is 0 Å². The first-order valence-electron chi connectivity index (χ1n) is 10.7. The number of ether oxygens (including phenoxy) is 1. The molecule has 1 atom stereocenters. The summed E-state index contributed by atoms with van der Waals surface area (Å²) in [6, 6.07) is 15.6. The van der Waals surface area contributed by atoms with E-state index in [1.54, 1.807) is 12.1 Å². The number of carbonyl (C=O) groups is 1. The molecule has 33 heavy (non-hydrogen) atoms. The number of aromatic nitrogens is 3. The third-order valence-corrected chi connectivity index (χ3v) is 7.49. The van der Waals surface area contributed by atoms with Crippen molar-refractivity contribution in [3.63, 3.8) is 0 Å². The number of hydrogen-bond acceptors (Lipinski definition) is 6. The first kappa shape index (κ1) is 23.4. The lowest BCUT2D eigenvalue weighted by Crippen LogP contribution is -2.25. The van der Waals surface area contributed by atoms with Crippen molar-refractivity contribution < 1.29 is 9.53 Å². The molecule has 2 aromatic carbocycles. The van der Waals surface area contributed by atoms with Gasteiger partial charge in [0.1, 0.15) is 12.4 Å². The van der Waals surface area contributed by atoms with Crippen LogP contribution in [0.15, 0.2) is 65.5 Å². The van der Waals surface area contributed by atoms with Gasteiger partial charge in [-0.05, 0) is 30.7 Å². The predicted molar refractivity (Wildman–Crippen MR) is 133 cm³/mol. The van der Waals surface area contributed by atoms with Crippen LogP contribution < -0.4 is 9.64 Å². The highest BCUT2D eigenvalue weighted by atomic mass is 35.5. The summed E-state index contributed by atoms with van der Waals surface area (Å²) in [4.78, 5) is 15.2. The summed E-state index contributed by atoms with van der Waals surface area (Å²) in [7, 11) is 3.88. The number of rotatable bonds is 7. The second kappa shape index (κ2) is 9.23. The topological polar surface area (TPSA) is 60.3 Å². The Hall–Kier alpha value is -2.77. The molecule has 0 amide bonds. The number of likely N-dealkylation sites (N-methyl/N-ethyl adjacent to an activating group) is 1. The van der Waals surface area contributed by atoms with E-state index < -0.39 is 0 Å². The largest absolute Gasteiger partial charge is 0.484 e. The lowest BCUT2D eigenvalue weighted by molar-refractivity contribution is -0.114.